The van der Waals surface area contributed by atoms with Gasteiger partial charge in [0.1, 0.15) is 5.82 Å². The number of aromatic nitrogens is 2. The van der Waals surface area contributed by atoms with Crippen molar-refractivity contribution in [1.82, 2.24) is 9.97 Å². The van der Waals surface area contributed by atoms with Crippen LogP contribution in [0.4, 0.5) is 11.6 Å². The minimum atomic E-state index is -0.337. The second-order valence-corrected chi connectivity index (χ2v) is 4.22. The van der Waals surface area contributed by atoms with E-state index in [1.165, 1.54) is 12.3 Å². The standard InChI is InChI=1S/C12H12ClN5O/c1-7-3-2-4-10(16-7)17-12(19)8-5-9(13)11(18-14)15-6-8/h2-6H,14H2,1H3,(H,15,18)(H,16,17,19). The molecule has 2 aromatic heterocycles. The summed E-state index contributed by atoms with van der Waals surface area (Å²) >= 11 is 5.90. The Balaban J connectivity index is 2.18. The van der Waals surface area contributed by atoms with Crippen molar-refractivity contribution in [2.24, 2.45) is 5.84 Å². The van der Waals surface area contributed by atoms with Crippen LogP contribution in [-0.2, 0) is 0 Å². The third-order valence-electron chi connectivity index (χ3n) is 2.37. The van der Waals surface area contributed by atoms with Crippen molar-refractivity contribution in [3.63, 3.8) is 0 Å². The Morgan fingerprint density at radius 1 is 1.42 bits per heavy atom. The molecule has 7 heteroatoms. The van der Waals surface area contributed by atoms with Gasteiger partial charge in [-0.3, -0.25) is 4.79 Å². The molecule has 0 spiro atoms. The molecule has 0 unspecified atom stereocenters. The van der Waals surface area contributed by atoms with Gasteiger partial charge in [0.05, 0.1) is 10.6 Å². The van der Waals surface area contributed by atoms with Crippen molar-refractivity contribution in [2.75, 3.05) is 10.7 Å². The Kier molecular flexibility index (Phi) is 3.94. The van der Waals surface area contributed by atoms with E-state index in [1.807, 2.05) is 19.1 Å². The molecule has 0 saturated carbocycles. The fraction of sp³-hybridized carbons (Fsp3) is 0.0833. The van der Waals surface area contributed by atoms with Crippen LogP contribution in [0, 0.1) is 6.92 Å². The second kappa shape index (κ2) is 5.64. The van der Waals surface area contributed by atoms with Gasteiger partial charge < -0.3 is 10.7 Å². The zero-order valence-corrected chi connectivity index (χ0v) is 10.9. The first-order chi connectivity index (χ1) is 9.10. The number of halogens is 1. The van der Waals surface area contributed by atoms with E-state index < -0.39 is 0 Å². The maximum atomic E-state index is 12.0. The molecule has 4 N–H and O–H groups in total. The SMILES string of the molecule is Cc1cccc(NC(=O)c2cnc(NN)c(Cl)c2)n1. The van der Waals surface area contributed by atoms with Crippen LogP contribution in [0.15, 0.2) is 30.5 Å². The maximum absolute atomic E-state index is 12.0. The number of nitrogens with zero attached hydrogens (tertiary/aromatic N) is 2. The molecule has 1 amide bonds. The monoisotopic (exact) mass is 277 g/mol. The van der Waals surface area contributed by atoms with Gasteiger partial charge in [-0.05, 0) is 25.1 Å². The van der Waals surface area contributed by atoms with E-state index in [9.17, 15) is 4.79 Å². The Labute approximate surface area is 115 Å². The summed E-state index contributed by atoms with van der Waals surface area (Å²) in [7, 11) is 0. The van der Waals surface area contributed by atoms with Gasteiger partial charge in [-0.15, -0.1) is 0 Å². The maximum Gasteiger partial charge on any atom is 0.258 e. The van der Waals surface area contributed by atoms with Crippen LogP contribution < -0.4 is 16.6 Å². The number of nitrogens with two attached hydrogens (primary N) is 1. The van der Waals surface area contributed by atoms with Gasteiger partial charge in [0.15, 0.2) is 5.82 Å². The lowest BCUT2D eigenvalue weighted by Crippen LogP contribution is -2.15. The third-order valence-corrected chi connectivity index (χ3v) is 2.66. The molecule has 0 fully saturated rings. The zero-order valence-electron chi connectivity index (χ0n) is 10.1. The average molecular weight is 278 g/mol. The van der Waals surface area contributed by atoms with E-state index in [4.69, 9.17) is 17.4 Å². The number of hydrazine groups is 1. The zero-order chi connectivity index (χ0) is 13.8. The highest BCUT2D eigenvalue weighted by molar-refractivity contribution is 6.33. The third kappa shape index (κ3) is 3.18. The van der Waals surface area contributed by atoms with Crippen LogP contribution >= 0.6 is 11.6 Å². The topological polar surface area (TPSA) is 92.9 Å². The molecule has 19 heavy (non-hydrogen) atoms. The smallest absolute Gasteiger partial charge is 0.258 e. The summed E-state index contributed by atoms with van der Waals surface area (Å²) in [5.41, 5.74) is 3.47. The minimum absolute atomic E-state index is 0.271. The molecule has 0 bridgehead atoms. The molecule has 2 aromatic rings. The molecule has 0 atom stereocenters. The predicted octanol–water partition coefficient (Wildman–Crippen LogP) is 1.98. The van der Waals surface area contributed by atoms with E-state index in [-0.39, 0.29) is 10.9 Å². The normalized spacial score (nSPS) is 10.1. The van der Waals surface area contributed by atoms with E-state index in [1.54, 1.807) is 6.07 Å². The number of hydrogen-bond donors (Lipinski definition) is 3. The molecule has 98 valence electrons. The highest BCUT2D eigenvalue weighted by Crippen LogP contribution is 2.19. The van der Waals surface area contributed by atoms with Crippen LogP contribution in [0.25, 0.3) is 0 Å². The molecule has 2 rings (SSSR count). The molecule has 0 radical (unpaired) electrons. The van der Waals surface area contributed by atoms with Crippen molar-refractivity contribution in [1.29, 1.82) is 0 Å². The highest BCUT2D eigenvalue weighted by Gasteiger charge is 2.10. The van der Waals surface area contributed by atoms with E-state index >= 15 is 0 Å². The number of nitrogen functional groups attached to an aromatic ring is 1. The fourth-order valence-corrected chi connectivity index (χ4v) is 1.69. The van der Waals surface area contributed by atoms with Crippen LogP contribution in [0.1, 0.15) is 16.1 Å². The van der Waals surface area contributed by atoms with E-state index in [0.717, 1.165) is 5.69 Å². The Bertz CT molecular complexity index is 617. The van der Waals surface area contributed by atoms with Gasteiger partial charge >= 0.3 is 0 Å². The van der Waals surface area contributed by atoms with Crippen molar-refractivity contribution >= 4 is 29.1 Å². The number of pyridine rings is 2. The van der Waals surface area contributed by atoms with E-state index in [0.29, 0.717) is 17.2 Å². The summed E-state index contributed by atoms with van der Waals surface area (Å²) in [6.07, 6.45) is 1.38. The molecule has 0 aliphatic carbocycles. The Hall–Kier alpha value is -2.18. The van der Waals surface area contributed by atoms with Gasteiger partial charge in [-0.1, -0.05) is 17.7 Å². The van der Waals surface area contributed by atoms with Crippen molar-refractivity contribution < 1.29 is 4.79 Å². The van der Waals surface area contributed by atoms with Crippen molar-refractivity contribution in [3.8, 4) is 0 Å². The van der Waals surface area contributed by atoms with Gasteiger partial charge in [0, 0.05) is 11.9 Å². The first-order valence-corrected chi connectivity index (χ1v) is 5.85. The fourth-order valence-electron chi connectivity index (χ4n) is 1.47. The average Bonchev–Trinajstić information content (AvgIpc) is 2.38. The first kappa shape index (κ1) is 13.3. The molecule has 0 aliphatic rings. The molecule has 0 aliphatic heterocycles. The van der Waals surface area contributed by atoms with Crippen molar-refractivity contribution in [2.45, 2.75) is 6.92 Å². The van der Waals surface area contributed by atoms with Gasteiger partial charge in [0.2, 0.25) is 0 Å². The first-order valence-electron chi connectivity index (χ1n) is 5.47. The summed E-state index contributed by atoms with van der Waals surface area (Å²) in [4.78, 5) is 20.1. The number of aryl methyl sites for hydroxylation is 1. The summed E-state index contributed by atoms with van der Waals surface area (Å²) in [6, 6.07) is 6.84. The second-order valence-electron chi connectivity index (χ2n) is 3.82. The molecular weight excluding hydrogens is 266 g/mol. The number of carbonyl (C=O) groups is 1. The van der Waals surface area contributed by atoms with Gasteiger partial charge in [-0.2, -0.15) is 0 Å². The quantitative estimate of drug-likeness (QED) is 0.589. The molecule has 2 heterocycles. The van der Waals surface area contributed by atoms with Crippen molar-refractivity contribution in [3.05, 3.63) is 46.7 Å². The van der Waals surface area contributed by atoms with Gasteiger partial charge in [-0.25, -0.2) is 15.8 Å². The number of rotatable bonds is 3. The number of hydrogen-bond acceptors (Lipinski definition) is 5. The minimum Gasteiger partial charge on any atom is -0.307 e. The summed E-state index contributed by atoms with van der Waals surface area (Å²) in [5, 5.41) is 2.93. The molecule has 0 saturated heterocycles. The predicted molar refractivity (Wildman–Crippen MR) is 74.0 cm³/mol. The molecule has 6 nitrogen and oxygen atoms in total. The van der Waals surface area contributed by atoms with Crippen LogP contribution in [-0.4, -0.2) is 15.9 Å². The Morgan fingerprint density at radius 2 is 2.21 bits per heavy atom. The van der Waals surface area contributed by atoms with Gasteiger partial charge in [0.25, 0.3) is 5.91 Å². The van der Waals surface area contributed by atoms with Crippen LogP contribution in [0.5, 0.6) is 0 Å². The van der Waals surface area contributed by atoms with Crippen LogP contribution in [0.3, 0.4) is 0 Å². The lowest BCUT2D eigenvalue weighted by atomic mass is 10.2. The lowest BCUT2D eigenvalue weighted by molar-refractivity contribution is 0.102. The number of anilines is 2. The summed E-state index contributed by atoms with van der Waals surface area (Å²) in [5.74, 6) is 5.66. The van der Waals surface area contributed by atoms with Crippen LogP contribution in [0.2, 0.25) is 5.02 Å². The number of amides is 1. The molecular formula is C12H12ClN5O. The summed E-state index contributed by atoms with van der Waals surface area (Å²) in [6.45, 7) is 1.84. The Morgan fingerprint density at radius 3 is 2.84 bits per heavy atom. The largest absolute Gasteiger partial charge is 0.307 e. The summed E-state index contributed by atoms with van der Waals surface area (Å²) < 4.78 is 0. The van der Waals surface area contributed by atoms with E-state index in [2.05, 4.69) is 20.7 Å². The number of nitrogens with one attached hydrogen (secondary N) is 2. The highest BCUT2D eigenvalue weighted by atomic mass is 35.5. The molecule has 0 aromatic carbocycles. The lowest BCUT2D eigenvalue weighted by Gasteiger charge is -2.07. The number of carbonyl (C=O) groups excluding carboxylic acids is 1.